The van der Waals surface area contributed by atoms with Crippen molar-refractivity contribution < 1.29 is 5.11 Å². The molecule has 2 aromatic heterocycles. The summed E-state index contributed by atoms with van der Waals surface area (Å²) in [7, 11) is 0. The highest BCUT2D eigenvalue weighted by atomic mass is 32.1. The van der Waals surface area contributed by atoms with E-state index < -0.39 is 0 Å². The smallest absolute Gasteiger partial charge is 0.152 e. The van der Waals surface area contributed by atoms with E-state index in [0.717, 1.165) is 42.0 Å². The van der Waals surface area contributed by atoms with Gasteiger partial charge in [-0.2, -0.15) is 0 Å². The van der Waals surface area contributed by atoms with E-state index in [2.05, 4.69) is 20.3 Å². The Bertz CT molecular complexity index is 587. The maximum Gasteiger partial charge on any atom is 0.152 e. The quantitative estimate of drug-likeness (QED) is 0.579. The van der Waals surface area contributed by atoms with Crippen LogP contribution >= 0.6 is 11.3 Å². The molecule has 0 aromatic carbocycles. The number of hydrazine groups is 1. The second kappa shape index (κ2) is 6.01. The van der Waals surface area contributed by atoms with Gasteiger partial charge in [-0.1, -0.05) is 0 Å². The molecule has 0 aliphatic carbocycles. The van der Waals surface area contributed by atoms with Gasteiger partial charge in [-0.15, -0.1) is 11.3 Å². The first-order valence-corrected chi connectivity index (χ1v) is 7.72. The Morgan fingerprint density at radius 2 is 2.40 bits per heavy atom. The van der Waals surface area contributed by atoms with Crippen molar-refractivity contribution in [2.75, 3.05) is 25.1 Å². The van der Waals surface area contributed by atoms with Crippen LogP contribution < -0.4 is 11.3 Å². The fourth-order valence-corrected chi connectivity index (χ4v) is 3.51. The Morgan fingerprint density at radius 3 is 3.20 bits per heavy atom. The van der Waals surface area contributed by atoms with Crippen LogP contribution in [0.3, 0.4) is 0 Å². The maximum atomic E-state index is 9.29. The average molecular weight is 293 g/mol. The van der Waals surface area contributed by atoms with Crippen LogP contribution in [0.25, 0.3) is 10.2 Å². The maximum absolute atomic E-state index is 9.29. The lowest BCUT2D eigenvalue weighted by atomic mass is 9.99. The Kier molecular flexibility index (Phi) is 4.11. The number of nitrogen functional groups attached to an aromatic ring is 1. The van der Waals surface area contributed by atoms with Crippen molar-refractivity contribution >= 4 is 27.4 Å². The molecule has 3 rings (SSSR count). The second-order valence-corrected chi connectivity index (χ2v) is 6.09. The molecule has 1 saturated heterocycles. The molecule has 0 radical (unpaired) electrons. The van der Waals surface area contributed by atoms with E-state index in [1.54, 1.807) is 11.3 Å². The SMILES string of the molecule is NNc1nc(CN2CCCC(CO)C2)nc2sccc12. The van der Waals surface area contributed by atoms with Crippen molar-refractivity contribution in [1.29, 1.82) is 0 Å². The molecular formula is C13H19N5OS. The van der Waals surface area contributed by atoms with Crippen LogP contribution in [0.1, 0.15) is 18.7 Å². The molecule has 1 atom stereocenters. The first-order chi connectivity index (χ1) is 9.80. The van der Waals surface area contributed by atoms with Crippen molar-refractivity contribution in [2.45, 2.75) is 19.4 Å². The molecule has 1 unspecified atom stereocenters. The van der Waals surface area contributed by atoms with Crippen molar-refractivity contribution in [1.82, 2.24) is 14.9 Å². The summed E-state index contributed by atoms with van der Waals surface area (Å²) in [6.07, 6.45) is 2.22. The number of likely N-dealkylation sites (tertiary alicyclic amines) is 1. The zero-order valence-corrected chi connectivity index (χ0v) is 12.1. The molecule has 0 saturated carbocycles. The molecule has 108 valence electrons. The standard InChI is InChI=1S/C13H19N5OS/c14-17-12-10-3-5-20-13(10)16-11(15-12)7-18-4-1-2-9(6-18)8-19/h3,5,9,19H,1-2,4,6-8,14H2,(H,15,16,17). The van der Waals surface area contributed by atoms with Gasteiger partial charge >= 0.3 is 0 Å². The predicted octanol–water partition coefficient (Wildman–Crippen LogP) is 1.18. The summed E-state index contributed by atoms with van der Waals surface area (Å²) in [6.45, 7) is 2.91. The summed E-state index contributed by atoms with van der Waals surface area (Å²) in [5, 5.41) is 12.2. The second-order valence-electron chi connectivity index (χ2n) is 5.20. The van der Waals surface area contributed by atoms with Crippen LogP contribution in [0, 0.1) is 5.92 Å². The minimum Gasteiger partial charge on any atom is -0.396 e. The molecule has 7 heteroatoms. The van der Waals surface area contributed by atoms with Gasteiger partial charge in [-0.3, -0.25) is 4.90 Å². The number of thiophene rings is 1. The van der Waals surface area contributed by atoms with E-state index in [1.165, 1.54) is 0 Å². The molecule has 3 heterocycles. The van der Waals surface area contributed by atoms with Crippen LogP contribution in [0.5, 0.6) is 0 Å². The molecule has 1 fully saturated rings. The number of anilines is 1. The molecular weight excluding hydrogens is 274 g/mol. The van der Waals surface area contributed by atoms with Gasteiger partial charge < -0.3 is 10.5 Å². The summed E-state index contributed by atoms with van der Waals surface area (Å²) < 4.78 is 0. The lowest BCUT2D eigenvalue weighted by molar-refractivity contribution is 0.114. The fraction of sp³-hybridized carbons (Fsp3) is 0.538. The zero-order valence-electron chi connectivity index (χ0n) is 11.2. The summed E-state index contributed by atoms with van der Waals surface area (Å²) in [5.41, 5.74) is 2.65. The topological polar surface area (TPSA) is 87.3 Å². The number of fused-ring (bicyclic) bond motifs is 1. The Morgan fingerprint density at radius 1 is 1.50 bits per heavy atom. The van der Waals surface area contributed by atoms with Crippen LogP contribution in [0.2, 0.25) is 0 Å². The Hall–Kier alpha value is -1.28. The molecule has 2 aromatic rings. The van der Waals surface area contributed by atoms with Gasteiger partial charge in [0, 0.05) is 13.2 Å². The number of nitrogens with zero attached hydrogens (tertiary/aromatic N) is 3. The lowest BCUT2D eigenvalue weighted by Gasteiger charge is -2.31. The van der Waals surface area contributed by atoms with Crippen molar-refractivity contribution in [3.8, 4) is 0 Å². The molecule has 0 amide bonds. The summed E-state index contributed by atoms with van der Waals surface area (Å²) in [5.74, 6) is 7.38. The third kappa shape index (κ3) is 2.76. The van der Waals surface area contributed by atoms with Crippen molar-refractivity contribution in [2.24, 2.45) is 11.8 Å². The van der Waals surface area contributed by atoms with Crippen LogP contribution in [0.15, 0.2) is 11.4 Å². The first-order valence-electron chi connectivity index (χ1n) is 6.84. The number of aliphatic hydroxyl groups is 1. The molecule has 1 aliphatic rings. The number of aliphatic hydroxyl groups excluding tert-OH is 1. The van der Waals surface area contributed by atoms with E-state index in [1.807, 2.05) is 11.4 Å². The third-order valence-corrected chi connectivity index (χ3v) is 4.54. The molecule has 6 nitrogen and oxygen atoms in total. The number of aromatic nitrogens is 2. The number of nitrogens with two attached hydrogens (primary N) is 1. The summed E-state index contributed by atoms with van der Waals surface area (Å²) >= 11 is 1.59. The Balaban J connectivity index is 1.79. The molecule has 0 bridgehead atoms. The van der Waals surface area contributed by atoms with Crippen LogP contribution in [-0.4, -0.2) is 39.7 Å². The Labute approximate surface area is 121 Å². The van der Waals surface area contributed by atoms with E-state index >= 15 is 0 Å². The highest BCUT2D eigenvalue weighted by Crippen LogP contribution is 2.25. The first kappa shape index (κ1) is 13.7. The van der Waals surface area contributed by atoms with Gasteiger partial charge in [0.05, 0.1) is 11.9 Å². The van der Waals surface area contributed by atoms with E-state index in [-0.39, 0.29) is 6.61 Å². The molecule has 0 spiro atoms. The number of nitrogens with one attached hydrogen (secondary N) is 1. The average Bonchev–Trinajstić information content (AvgIpc) is 2.95. The number of rotatable bonds is 4. The number of hydrogen-bond donors (Lipinski definition) is 3. The normalized spacial score (nSPS) is 20.4. The van der Waals surface area contributed by atoms with Crippen molar-refractivity contribution in [3.63, 3.8) is 0 Å². The van der Waals surface area contributed by atoms with E-state index in [9.17, 15) is 5.11 Å². The molecule has 20 heavy (non-hydrogen) atoms. The highest BCUT2D eigenvalue weighted by Gasteiger charge is 2.20. The largest absolute Gasteiger partial charge is 0.396 e. The van der Waals surface area contributed by atoms with Gasteiger partial charge in [0.25, 0.3) is 0 Å². The lowest BCUT2D eigenvalue weighted by Crippen LogP contribution is -2.36. The van der Waals surface area contributed by atoms with Gasteiger partial charge in [0.2, 0.25) is 0 Å². The highest BCUT2D eigenvalue weighted by molar-refractivity contribution is 7.16. The fourth-order valence-electron chi connectivity index (χ4n) is 2.72. The summed E-state index contributed by atoms with van der Waals surface area (Å²) in [6, 6.07) is 1.97. The molecule has 4 N–H and O–H groups in total. The predicted molar refractivity (Wildman–Crippen MR) is 80.3 cm³/mol. The van der Waals surface area contributed by atoms with Crippen molar-refractivity contribution in [3.05, 3.63) is 17.3 Å². The van der Waals surface area contributed by atoms with Gasteiger partial charge in [-0.25, -0.2) is 15.8 Å². The van der Waals surface area contributed by atoms with Gasteiger partial charge in [0.15, 0.2) is 5.82 Å². The van der Waals surface area contributed by atoms with E-state index in [4.69, 9.17) is 5.84 Å². The van der Waals surface area contributed by atoms with E-state index in [0.29, 0.717) is 18.3 Å². The summed E-state index contributed by atoms with van der Waals surface area (Å²) in [4.78, 5) is 12.4. The monoisotopic (exact) mass is 293 g/mol. The minimum atomic E-state index is 0.261. The van der Waals surface area contributed by atoms with Gasteiger partial charge in [0.1, 0.15) is 10.7 Å². The van der Waals surface area contributed by atoms with Crippen LogP contribution in [0.4, 0.5) is 5.82 Å². The number of piperidine rings is 1. The molecule has 1 aliphatic heterocycles. The zero-order chi connectivity index (χ0) is 13.9. The minimum absolute atomic E-state index is 0.261. The number of hydrogen-bond acceptors (Lipinski definition) is 7. The van der Waals surface area contributed by atoms with Crippen LogP contribution in [-0.2, 0) is 6.54 Å². The van der Waals surface area contributed by atoms with Gasteiger partial charge in [-0.05, 0) is 36.8 Å². The third-order valence-electron chi connectivity index (χ3n) is 3.73.